The summed E-state index contributed by atoms with van der Waals surface area (Å²) >= 11 is 0. The Morgan fingerprint density at radius 3 is 1.13 bits per heavy atom. The first-order valence-corrected chi connectivity index (χ1v) is 10.9. The number of quaternary nitrogens is 1. The van der Waals surface area contributed by atoms with E-state index in [9.17, 15) is 0 Å². The van der Waals surface area contributed by atoms with Gasteiger partial charge < -0.3 is 10.4 Å². The molecule has 0 unspecified atom stereocenters. The van der Waals surface area contributed by atoms with Crippen LogP contribution in [0.1, 0.15) is 28.3 Å². The molecule has 158 valence electrons. The molecule has 0 aliphatic rings. The summed E-state index contributed by atoms with van der Waals surface area (Å²) in [6.45, 7) is 2.20. The smallest absolute Gasteiger partial charge is 0.139 e. The Bertz CT molecular complexity index is 905. The van der Waals surface area contributed by atoms with E-state index in [1.807, 2.05) is 0 Å². The molecule has 0 radical (unpaired) electrons. The largest absolute Gasteiger partial charge is 0.870 e. The molecular weight excluding hydrogens is 378 g/mol. The number of benzene rings is 4. The minimum atomic E-state index is 0. The third kappa shape index (κ3) is 6.39. The van der Waals surface area contributed by atoms with Crippen LogP contribution in [0.15, 0.2) is 121 Å². The molecule has 4 rings (SSSR count). The number of hydrogen-bond acceptors (Lipinski definition) is 1. The van der Waals surface area contributed by atoms with Crippen LogP contribution in [0.5, 0.6) is 0 Å². The van der Waals surface area contributed by atoms with Gasteiger partial charge in [-0.05, 0) is 11.1 Å². The molecule has 0 aliphatic carbocycles. The van der Waals surface area contributed by atoms with Crippen LogP contribution < -0.4 is 4.90 Å². The second kappa shape index (κ2) is 11.8. The van der Waals surface area contributed by atoms with Crippen LogP contribution in [0.25, 0.3) is 0 Å². The number of rotatable bonds is 9. The molecule has 2 nitrogen and oxygen atoms in total. The summed E-state index contributed by atoms with van der Waals surface area (Å²) in [7, 11) is 0. The second-order valence-corrected chi connectivity index (χ2v) is 7.88. The van der Waals surface area contributed by atoms with Crippen LogP contribution in [0, 0.1) is 0 Å². The molecule has 0 bridgehead atoms. The molecular formula is C29H31NO. The third-order valence-corrected chi connectivity index (χ3v) is 5.83. The summed E-state index contributed by atoms with van der Waals surface area (Å²) in [4.78, 5) is 1.61. The summed E-state index contributed by atoms with van der Waals surface area (Å²) in [5.74, 6) is 0. The van der Waals surface area contributed by atoms with Gasteiger partial charge in [0.2, 0.25) is 0 Å². The first-order valence-electron chi connectivity index (χ1n) is 10.9. The molecule has 2 heteroatoms. The van der Waals surface area contributed by atoms with Crippen molar-refractivity contribution in [1.82, 2.24) is 0 Å². The Balaban J connectivity index is 0.00000272. The van der Waals surface area contributed by atoms with E-state index < -0.39 is 0 Å². The SMILES string of the molecule is [OH-].c1ccc(CC[NH+](CCc2ccccc2)C(c2ccccc2)c2ccccc2)cc1. The first-order chi connectivity index (χ1) is 14.9. The van der Waals surface area contributed by atoms with Crippen molar-refractivity contribution in [1.29, 1.82) is 0 Å². The van der Waals surface area contributed by atoms with Gasteiger partial charge >= 0.3 is 0 Å². The zero-order chi connectivity index (χ0) is 20.4. The minimum Gasteiger partial charge on any atom is -0.870 e. The summed E-state index contributed by atoms with van der Waals surface area (Å²) in [6.07, 6.45) is 2.17. The number of nitrogens with one attached hydrogen (secondary N) is 1. The maximum Gasteiger partial charge on any atom is 0.139 e. The van der Waals surface area contributed by atoms with E-state index >= 15 is 0 Å². The van der Waals surface area contributed by atoms with E-state index in [4.69, 9.17) is 0 Å². The molecule has 31 heavy (non-hydrogen) atoms. The van der Waals surface area contributed by atoms with E-state index in [1.54, 1.807) is 4.90 Å². The summed E-state index contributed by atoms with van der Waals surface area (Å²) in [5, 5.41) is 0. The quantitative estimate of drug-likeness (QED) is 0.416. The van der Waals surface area contributed by atoms with Crippen LogP contribution in [0.4, 0.5) is 0 Å². The van der Waals surface area contributed by atoms with E-state index in [0.29, 0.717) is 6.04 Å². The van der Waals surface area contributed by atoms with Crippen molar-refractivity contribution >= 4 is 0 Å². The molecule has 4 aromatic carbocycles. The van der Waals surface area contributed by atoms with Crippen LogP contribution in [0.2, 0.25) is 0 Å². The Morgan fingerprint density at radius 1 is 0.452 bits per heavy atom. The van der Waals surface area contributed by atoms with Crippen molar-refractivity contribution in [3.05, 3.63) is 144 Å². The van der Waals surface area contributed by atoms with E-state index in [-0.39, 0.29) is 5.48 Å². The van der Waals surface area contributed by atoms with Gasteiger partial charge in [0.05, 0.1) is 13.1 Å². The molecule has 0 spiro atoms. The van der Waals surface area contributed by atoms with E-state index in [2.05, 4.69) is 121 Å². The Morgan fingerprint density at radius 2 is 0.774 bits per heavy atom. The van der Waals surface area contributed by atoms with Gasteiger partial charge in [-0.2, -0.15) is 0 Å². The first kappa shape index (κ1) is 22.5. The lowest BCUT2D eigenvalue weighted by Gasteiger charge is -2.30. The van der Waals surface area contributed by atoms with Crippen LogP contribution in [0.3, 0.4) is 0 Å². The third-order valence-electron chi connectivity index (χ3n) is 5.83. The van der Waals surface area contributed by atoms with Gasteiger partial charge in [0.15, 0.2) is 0 Å². The van der Waals surface area contributed by atoms with Gasteiger partial charge in [0.25, 0.3) is 0 Å². The molecule has 0 fully saturated rings. The average Bonchev–Trinajstić information content (AvgIpc) is 2.83. The maximum absolute atomic E-state index is 2.28. The predicted molar refractivity (Wildman–Crippen MR) is 128 cm³/mol. The van der Waals surface area contributed by atoms with Crippen molar-refractivity contribution < 1.29 is 10.4 Å². The molecule has 2 N–H and O–H groups in total. The lowest BCUT2D eigenvalue weighted by Crippen LogP contribution is -3.13. The standard InChI is InChI=1S/C29H29N.H2O/c1-5-13-25(14-6-1)21-23-30(24-22-26-15-7-2-8-16-26)29(27-17-9-3-10-18-27)28-19-11-4-12-20-28;/h1-20,29H,21-24H2;1H2. The lowest BCUT2D eigenvalue weighted by atomic mass is 9.96. The van der Waals surface area contributed by atoms with Gasteiger partial charge in [0.1, 0.15) is 6.04 Å². The summed E-state index contributed by atoms with van der Waals surface area (Å²) in [6, 6.07) is 44.1. The molecule has 0 heterocycles. The van der Waals surface area contributed by atoms with Gasteiger partial charge in [-0.1, -0.05) is 121 Å². The monoisotopic (exact) mass is 409 g/mol. The predicted octanol–water partition coefficient (Wildman–Crippen LogP) is 4.97. The lowest BCUT2D eigenvalue weighted by molar-refractivity contribution is -0.925. The van der Waals surface area contributed by atoms with Crippen molar-refractivity contribution in [2.75, 3.05) is 13.1 Å². The van der Waals surface area contributed by atoms with E-state index in [0.717, 1.165) is 25.9 Å². The molecule has 4 aromatic rings. The average molecular weight is 410 g/mol. The van der Waals surface area contributed by atoms with Gasteiger partial charge in [-0.3, -0.25) is 0 Å². The molecule has 0 atom stereocenters. The number of hydrogen-bond donors (Lipinski definition) is 1. The molecule has 0 aliphatic heterocycles. The zero-order valence-electron chi connectivity index (χ0n) is 17.9. The van der Waals surface area contributed by atoms with Gasteiger partial charge in [-0.25, -0.2) is 0 Å². The molecule has 0 saturated carbocycles. The van der Waals surface area contributed by atoms with Crippen molar-refractivity contribution in [3.63, 3.8) is 0 Å². The highest BCUT2D eigenvalue weighted by atomic mass is 16.0. The highest BCUT2D eigenvalue weighted by Crippen LogP contribution is 2.19. The van der Waals surface area contributed by atoms with Crippen LogP contribution in [-0.4, -0.2) is 18.6 Å². The highest BCUT2D eigenvalue weighted by molar-refractivity contribution is 5.29. The topological polar surface area (TPSA) is 34.4 Å². The van der Waals surface area contributed by atoms with Crippen molar-refractivity contribution in [2.24, 2.45) is 0 Å². The fourth-order valence-corrected chi connectivity index (χ4v) is 4.27. The Hall–Kier alpha value is -3.20. The Labute approximate surface area is 186 Å². The van der Waals surface area contributed by atoms with Crippen LogP contribution >= 0.6 is 0 Å². The summed E-state index contributed by atoms with van der Waals surface area (Å²) in [5.41, 5.74) is 5.60. The second-order valence-electron chi connectivity index (χ2n) is 7.88. The normalized spacial score (nSPS) is 10.8. The van der Waals surface area contributed by atoms with Crippen molar-refractivity contribution in [3.8, 4) is 0 Å². The molecule has 0 amide bonds. The van der Waals surface area contributed by atoms with Crippen LogP contribution in [-0.2, 0) is 12.8 Å². The molecule has 0 saturated heterocycles. The van der Waals surface area contributed by atoms with E-state index in [1.165, 1.54) is 22.3 Å². The summed E-state index contributed by atoms with van der Waals surface area (Å²) < 4.78 is 0. The fraction of sp³-hybridized carbons (Fsp3) is 0.172. The highest BCUT2D eigenvalue weighted by Gasteiger charge is 2.25. The zero-order valence-corrected chi connectivity index (χ0v) is 17.9. The fourth-order valence-electron chi connectivity index (χ4n) is 4.27. The van der Waals surface area contributed by atoms with Gasteiger partial charge in [0, 0.05) is 24.0 Å². The van der Waals surface area contributed by atoms with Crippen molar-refractivity contribution in [2.45, 2.75) is 18.9 Å². The minimum absolute atomic E-state index is 0. The molecule has 0 aromatic heterocycles. The van der Waals surface area contributed by atoms with Gasteiger partial charge in [-0.15, -0.1) is 0 Å². The maximum atomic E-state index is 2.28. The Kier molecular flexibility index (Phi) is 8.59.